The zero-order chi connectivity index (χ0) is 18.5. The van der Waals surface area contributed by atoms with Gasteiger partial charge < -0.3 is 15.5 Å². The topological polar surface area (TPSA) is 116 Å². The van der Waals surface area contributed by atoms with Gasteiger partial charge in [-0.25, -0.2) is 0 Å². The van der Waals surface area contributed by atoms with Gasteiger partial charge in [-0.2, -0.15) is 0 Å². The average molecular weight is 377 g/mol. The Bertz CT molecular complexity index is 759. The number of nitrogens with zero attached hydrogens (tertiary/aromatic N) is 3. The standard InChI is InChI=1S/C17H23N5O3S/c1-11-5-2-3-6-12(11)19-15(24)10-26-17-21-20-16(13-7-4-8-25-13)22(17)9-14(18)23/h4,7-8,11-12H,2-3,5-6,9-10H2,1H3,(H2,18,23)(H,19,24)/t11-,12+/m0/s1. The minimum atomic E-state index is -0.514. The maximum Gasteiger partial charge on any atom is 0.237 e. The fraction of sp³-hybridized carbons (Fsp3) is 0.529. The molecule has 140 valence electrons. The van der Waals surface area contributed by atoms with E-state index in [1.807, 2.05) is 0 Å². The number of primary amides is 1. The number of furan rings is 1. The van der Waals surface area contributed by atoms with Crippen LogP contribution in [0.3, 0.4) is 0 Å². The number of nitrogens with one attached hydrogen (secondary N) is 1. The van der Waals surface area contributed by atoms with Crippen LogP contribution in [0, 0.1) is 5.92 Å². The van der Waals surface area contributed by atoms with Crippen molar-refractivity contribution in [3.63, 3.8) is 0 Å². The minimum absolute atomic E-state index is 0.0399. The number of aromatic nitrogens is 3. The summed E-state index contributed by atoms with van der Waals surface area (Å²) in [6.07, 6.45) is 6.08. The van der Waals surface area contributed by atoms with Gasteiger partial charge in [0.25, 0.3) is 0 Å². The Morgan fingerprint density at radius 2 is 2.19 bits per heavy atom. The van der Waals surface area contributed by atoms with Crippen LogP contribution >= 0.6 is 11.8 Å². The fourth-order valence-corrected chi connectivity index (χ4v) is 3.94. The second-order valence-electron chi connectivity index (χ2n) is 6.56. The predicted octanol–water partition coefficient (Wildman–Crippen LogP) is 1.81. The van der Waals surface area contributed by atoms with Crippen molar-refractivity contribution in [3.05, 3.63) is 18.4 Å². The molecule has 8 nitrogen and oxygen atoms in total. The second-order valence-corrected chi connectivity index (χ2v) is 7.50. The lowest BCUT2D eigenvalue weighted by atomic mass is 9.86. The van der Waals surface area contributed by atoms with Crippen molar-refractivity contribution < 1.29 is 14.0 Å². The number of carbonyl (C=O) groups is 2. The van der Waals surface area contributed by atoms with E-state index in [1.165, 1.54) is 24.4 Å². The Hall–Kier alpha value is -2.29. The van der Waals surface area contributed by atoms with Crippen LogP contribution in [0.4, 0.5) is 0 Å². The quantitative estimate of drug-likeness (QED) is 0.711. The Balaban J connectivity index is 1.65. The molecular weight excluding hydrogens is 354 g/mol. The monoisotopic (exact) mass is 377 g/mol. The summed E-state index contributed by atoms with van der Waals surface area (Å²) in [6, 6.07) is 3.69. The summed E-state index contributed by atoms with van der Waals surface area (Å²) in [6.45, 7) is 2.10. The highest BCUT2D eigenvalue weighted by molar-refractivity contribution is 7.99. The van der Waals surface area contributed by atoms with E-state index >= 15 is 0 Å². The third-order valence-electron chi connectivity index (χ3n) is 4.56. The zero-order valence-corrected chi connectivity index (χ0v) is 15.5. The number of rotatable bonds is 7. The van der Waals surface area contributed by atoms with Crippen molar-refractivity contribution in [2.45, 2.75) is 50.4 Å². The summed E-state index contributed by atoms with van der Waals surface area (Å²) in [7, 11) is 0. The number of thioether (sulfide) groups is 1. The number of nitrogens with two attached hydrogens (primary N) is 1. The van der Waals surface area contributed by atoms with Crippen molar-refractivity contribution >= 4 is 23.6 Å². The molecule has 2 heterocycles. The van der Waals surface area contributed by atoms with Crippen LogP contribution in [-0.4, -0.2) is 38.4 Å². The maximum absolute atomic E-state index is 12.3. The summed E-state index contributed by atoms with van der Waals surface area (Å²) in [4.78, 5) is 23.7. The van der Waals surface area contributed by atoms with Gasteiger partial charge in [-0.3, -0.25) is 14.2 Å². The smallest absolute Gasteiger partial charge is 0.237 e. The second kappa shape index (κ2) is 8.39. The molecule has 2 amide bonds. The van der Waals surface area contributed by atoms with Crippen LogP contribution in [0.1, 0.15) is 32.6 Å². The summed E-state index contributed by atoms with van der Waals surface area (Å²) >= 11 is 1.23. The van der Waals surface area contributed by atoms with Crippen molar-refractivity contribution in [2.75, 3.05) is 5.75 Å². The van der Waals surface area contributed by atoms with Gasteiger partial charge in [-0.05, 0) is 30.9 Å². The van der Waals surface area contributed by atoms with Crippen LogP contribution in [0.5, 0.6) is 0 Å². The average Bonchev–Trinajstić information content (AvgIpc) is 3.24. The highest BCUT2D eigenvalue weighted by Gasteiger charge is 2.23. The number of hydrogen-bond acceptors (Lipinski definition) is 6. The van der Waals surface area contributed by atoms with E-state index in [2.05, 4.69) is 22.4 Å². The third kappa shape index (κ3) is 4.46. The van der Waals surface area contributed by atoms with Crippen LogP contribution in [0.2, 0.25) is 0 Å². The molecule has 0 aromatic carbocycles. The van der Waals surface area contributed by atoms with E-state index in [4.69, 9.17) is 10.2 Å². The van der Waals surface area contributed by atoms with Crippen LogP contribution in [0.15, 0.2) is 28.0 Å². The first-order chi connectivity index (χ1) is 12.5. The molecule has 0 unspecified atom stereocenters. The summed E-state index contributed by atoms with van der Waals surface area (Å²) in [5.41, 5.74) is 5.34. The highest BCUT2D eigenvalue weighted by Crippen LogP contribution is 2.26. The van der Waals surface area contributed by atoms with Crippen LogP contribution < -0.4 is 11.1 Å². The van der Waals surface area contributed by atoms with Crippen molar-refractivity contribution in [1.82, 2.24) is 20.1 Å². The molecule has 0 saturated heterocycles. The molecule has 3 N–H and O–H groups in total. The molecule has 3 rings (SSSR count). The van der Waals surface area contributed by atoms with Crippen molar-refractivity contribution in [2.24, 2.45) is 11.7 Å². The summed E-state index contributed by atoms with van der Waals surface area (Å²) < 4.78 is 6.90. The van der Waals surface area contributed by atoms with E-state index in [0.29, 0.717) is 22.7 Å². The number of hydrogen-bond donors (Lipinski definition) is 2. The molecule has 2 aromatic heterocycles. The molecule has 2 aromatic rings. The highest BCUT2D eigenvalue weighted by atomic mass is 32.2. The molecule has 2 atom stereocenters. The summed E-state index contributed by atoms with van der Waals surface area (Å²) in [5, 5.41) is 11.7. The molecule has 26 heavy (non-hydrogen) atoms. The van der Waals surface area contributed by atoms with Crippen LogP contribution in [0.25, 0.3) is 11.6 Å². The Kier molecular flexibility index (Phi) is 5.97. The van der Waals surface area contributed by atoms with Gasteiger partial charge in [0.05, 0.1) is 12.0 Å². The van der Waals surface area contributed by atoms with E-state index in [0.717, 1.165) is 19.3 Å². The van der Waals surface area contributed by atoms with Gasteiger partial charge in [0, 0.05) is 6.04 Å². The Labute approximate surface area is 155 Å². The van der Waals surface area contributed by atoms with E-state index in [1.54, 1.807) is 16.7 Å². The SMILES string of the molecule is C[C@H]1CCCC[C@H]1NC(=O)CSc1nnc(-c2ccco2)n1CC(N)=O. The first-order valence-corrected chi connectivity index (χ1v) is 9.70. The zero-order valence-electron chi connectivity index (χ0n) is 14.7. The molecule has 9 heteroatoms. The van der Waals surface area contributed by atoms with E-state index < -0.39 is 5.91 Å². The van der Waals surface area contributed by atoms with E-state index in [-0.39, 0.29) is 24.2 Å². The van der Waals surface area contributed by atoms with Gasteiger partial charge in [-0.1, -0.05) is 31.5 Å². The number of amides is 2. The first-order valence-electron chi connectivity index (χ1n) is 8.72. The molecule has 0 spiro atoms. The lowest BCUT2D eigenvalue weighted by Crippen LogP contribution is -2.41. The fourth-order valence-electron chi connectivity index (χ4n) is 3.19. The lowest BCUT2D eigenvalue weighted by molar-refractivity contribution is -0.120. The van der Waals surface area contributed by atoms with Gasteiger partial charge in [0.2, 0.25) is 17.6 Å². The molecule has 0 radical (unpaired) electrons. The molecule has 1 fully saturated rings. The number of carbonyl (C=O) groups excluding carboxylic acids is 2. The molecule has 0 aliphatic heterocycles. The van der Waals surface area contributed by atoms with E-state index in [9.17, 15) is 9.59 Å². The molecule has 1 aliphatic carbocycles. The largest absolute Gasteiger partial charge is 0.461 e. The van der Waals surface area contributed by atoms with Gasteiger partial charge in [0.15, 0.2) is 10.9 Å². The predicted molar refractivity (Wildman–Crippen MR) is 97.2 cm³/mol. The van der Waals surface area contributed by atoms with Crippen molar-refractivity contribution in [3.8, 4) is 11.6 Å². The lowest BCUT2D eigenvalue weighted by Gasteiger charge is -2.29. The molecule has 1 aliphatic rings. The Morgan fingerprint density at radius 3 is 2.88 bits per heavy atom. The maximum atomic E-state index is 12.3. The molecular formula is C17H23N5O3S. The minimum Gasteiger partial charge on any atom is -0.461 e. The third-order valence-corrected chi connectivity index (χ3v) is 5.53. The van der Waals surface area contributed by atoms with Gasteiger partial charge in [0.1, 0.15) is 6.54 Å². The van der Waals surface area contributed by atoms with Gasteiger partial charge >= 0.3 is 0 Å². The van der Waals surface area contributed by atoms with Crippen molar-refractivity contribution in [1.29, 1.82) is 0 Å². The molecule has 0 bridgehead atoms. The summed E-state index contributed by atoms with van der Waals surface area (Å²) in [5.74, 6) is 1.06. The Morgan fingerprint density at radius 1 is 1.38 bits per heavy atom. The first kappa shape index (κ1) is 18.5. The normalized spacial score (nSPS) is 20.0. The van der Waals surface area contributed by atoms with Crippen LogP contribution in [-0.2, 0) is 16.1 Å². The van der Waals surface area contributed by atoms with Gasteiger partial charge in [-0.15, -0.1) is 10.2 Å². The molecule has 1 saturated carbocycles.